The van der Waals surface area contributed by atoms with Crippen molar-refractivity contribution in [1.82, 2.24) is 14.3 Å². The number of hydrogen-bond acceptors (Lipinski definition) is 5. The largest absolute Gasteiger partial charge is 0.490 e. The van der Waals surface area contributed by atoms with E-state index in [1.54, 1.807) is 19.2 Å². The molecular formula is C25H29FN4O3. The van der Waals surface area contributed by atoms with E-state index in [-0.39, 0.29) is 35.3 Å². The first kappa shape index (κ1) is 24.0. The molecule has 3 rings (SSSR count). The van der Waals surface area contributed by atoms with Crippen molar-refractivity contribution in [1.29, 1.82) is 0 Å². The van der Waals surface area contributed by atoms with E-state index in [1.807, 2.05) is 32.9 Å². The van der Waals surface area contributed by atoms with Crippen molar-refractivity contribution in [2.45, 2.75) is 46.1 Å². The van der Waals surface area contributed by atoms with Gasteiger partial charge in [-0.15, -0.1) is 11.7 Å². The molecule has 33 heavy (non-hydrogen) atoms. The summed E-state index contributed by atoms with van der Waals surface area (Å²) in [5.41, 5.74) is 7.63. The minimum atomic E-state index is -0.748. The number of anilines is 1. The van der Waals surface area contributed by atoms with E-state index in [0.29, 0.717) is 29.9 Å². The van der Waals surface area contributed by atoms with Gasteiger partial charge in [-0.2, -0.15) is 4.68 Å². The van der Waals surface area contributed by atoms with Gasteiger partial charge in [-0.05, 0) is 37.1 Å². The van der Waals surface area contributed by atoms with Crippen LogP contribution < -0.4 is 16.2 Å². The second-order valence-corrected chi connectivity index (χ2v) is 8.02. The quantitative estimate of drug-likeness (QED) is 0.302. The van der Waals surface area contributed by atoms with Crippen molar-refractivity contribution in [3.05, 3.63) is 81.8 Å². The molecule has 0 spiro atoms. The van der Waals surface area contributed by atoms with Crippen LogP contribution in [0.3, 0.4) is 0 Å². The lowest BCUT2D eigenvalue weighted by Gasteiger charge is -2.18. The minimum absolute atomic E-state index is 0.00693. The van der Waals surface area contributed by atoms with Crippen molar-refractivity contribution in [3.8, 4) is 11.4 Å². The number of carbonyl (C=O) groups is 1. The van der Waals surface area contributed by atoms with Crippen LogP contribution in [0.2, 0.25) is 0 Å². The van der Waals surface area contributed by atoms with E-state index in [9.17, 15) is 9.59 Å². The smallest absolute Gasteiger partial charge is 0.350 e. The van der Waals surface area contributed by atoms with Gasteiger partial charge in [-0.3, -0.25) is 9.36 Å². The van der Waals surface area contributed by atoms with Gasteiger partial charge in [0.2, 0.25) is 0 Å². The maximum Gasteiger partial charge on any atom is 0.350 e. The van der Waals surface area contributed by atoms with E-state index in [0.717, 1.165) is 16.3 Å². The van der Waals surface area contributed by atoms with Crippen LogP contribution in [-0.4, -0.2) is 26.2 Å². The molecule has 1 aromatic heterocycles. The number of hydrogen-bond donors (Lipinski definition) is 1. The third kappa shape index (κ3) is 4.89. The highest BCUT2D eigenvalue weighted by molar-refractivity contribution is 6.01. The van der Waals surface area contributed by atoms with Crippen molar-refractivity contribution < 1.29 is 13.9 Å². The molecule has 1 unspecified atom stereocenters. The lowest BCUT2D eigenvalue weighted by molar-refractivity contribution is 0.0986. The number of aromatic nitrogens is 3. The Bertz CT molecular complexity index is 1240. The molecule has 0 amide bonds. The zero-order valence-corrected chi connectivity index (χ0v) is 19.4. The molecule has 8 heteroatoms. The van der Waals surface area contributed by atoms with Gasteiger partial charge in [0.05, 0.1) is 11.7 Å². The third-order valence-corrected chi connectivity index (χ3v) is 5.58. The Hall–Kier alpha value is -3.68. The van der Waals surface area contributed by atoms with Crippen molar-refractivity contribution in [2.24, 2.45) is 7.05 Å². The number of halogens is 1. The number of carbonyl (C=O) groups excluding carboxylic acids is 1. The Morgan fingerprint density at radius 1 is 1.36 bits per heavy atom. The summed E-state index contributed by atoms with van der Waals surface area (Å²) in [6, 6.07) is 7.87. The fourth-order valence-electron chi connectivity index (χ4n) is 3.68. The van der Waals surface area contributed by atoms with Crippen LogP contribution in [0, 0.1) is 12.7 Å². The van der Waals surface area contributed by atoms with Crippen molar-refractivity contribution in [3.63, 3.8) is 0 Å². The van der Waals surface area contributed by atoms with Crippen molar-refractivity contribution in [2.75, 3.05) is 5.73 Å². The number of rotatable bonds is 9. The van der Waals surface area contributed by atoms with E-state index in [2.05, 4.69) is 11.7 Å². The van der Waals surface area contributed by atoms with Crippen LogP contribution in [0.25, 0.3) is 5.69 Å². The van der Waals surface area contributed by atoms with Crippen LogP contribution in [0.15, 0.2) is 47.8 Å². The molecule has 2 aromatic carbocycles. The first-order chi connectivity index (χ1) is 15.7. The summed E-state index contributed by atoms with van der Waals surface area (Å²) >= 11 is 0. The lowest BCUT2D eigenvalue weighted by Crippen LogP contribution is -2.23. The predicted octanol–water partition coefficient (Wildman–Crippen LogP) is 3.93. The Morgan fingerprint density at radius 2 is 2.09 bits per heavy atom. The summed E-state index contributed by atoms with van der Waals surface area (Å²) in [6.45, 7) is 9.25. The van der Waals surface area contributed by atoms with Gasteiger partial charge >= 0.3 is 5.69 Å². The lowest BCUT2D eigenvalue weighted by atomic mass is 9.97. The summed E-state index contributed by atoms with van der Waals surface area (Å²) < 4.78 is 23.6. The first-order valence-electron chi connectivity index (χ1n) is 10.8. The standard InChI is InChI=1S/C25H29FN4O3/c1-6-9-16(4)33-23-14-21(30-25(32)29(5)24(7-2)28-30)19(26)12-18(23)22(31)13-17-15(3)10-8-11-20(17)27/h6,8,10-12,14,16H,1,7,9,13,27H2,2-5H3. The molecule has 0 saturated heterocycles. The average molecular weight is 453 g/mol. The van der Waals surface area contributed by atoms with Gasteiger partial charge in [0.1, 0.15) is 23.1 Å². The SMILES string of the molecule is C=CCC(C)Oc1cc(-n2nc(CC)n(C)c2=O)c(F)cc1C(=O)Cc1c(C)cccc1N. The molecule has 0 aliphatic rings. The third-order valence-electron chi connectivity index (χ3n) is 5.58. The molecule has 0 aliphatic heterocycles. The highest BCUT2D eigenvalue weighted by Gasteiger charge is 2.23. The second kappa shape index (κ2) is 9.85. The van der Waals surface area contributed by atoms with E-state index in [4.69, 9.17) is 10.5 Å². The van der Waals surface area contributed by atoms with Crippen LogP contribution in [0.4, 0.5) is 10.1 Å². The molecule has 1 heterocycles. The van der Waals surface area contributed by atoms with Gasteiger partial charge in [0, 0.05) is 38.1 Å². The fraction of sp³-hybridized carbons (Fsp3) is 0.320. The topological polar surface area (TPSA) is 92.1 Å². The average Bonchev–Trinajstić information content (AvgIpc) is 3.05. The molecule has 2 N–H and O–H groups in total. The predicted molar refractivity (Wildman–Crippen MR) is 127 cm³/mol. The Kier molecular flexibility index (Phi) is 7.16. The molecule has 7 nitrogen and oxygen atoms in total. The number of Topliss-reactive ketones (excluding diaryl/α,β-unsaturated/α-hetero) is 1. The second-order valence-electron chi connectivity index (χ2n) is 8.02. The molecular weight excluding hydrogens is 423 g/mol. The van der Waals surface area contributed by atoms with Gasteiger partial charge in [-0.25, -0.2) is 9.18 Å². The highest BCUT2D eigenvalue weighted by atomic mass is 19.1. The number of ether oxygens (including phenoxy) is 1. The Labute approximate surface area is 192 Å². The van der Waals surface area contributed by atoms with E-state index in [1.165, 1.54) is 10.6 Å². The zero-order chi connectivity index (χ0) is 24.3. The molecule has 0 aliphatic carbocycles. The van der Waals surface area contributed by atoms with E-state index < -0.39 is 11.5 Å². The fourth-order valence-corrected chi connectivity index (χ4v) is 3.68. The van der Waals surface area contributed by atoms with Gasteiger partial charge in [0.25, 0.3) is 0 Å². The van der Waals surface area contributed by atoms with Gasteiger partial charge in [0.15, 0.2) is 5.78 Å². The summed E-state index contributed by atoms with van der Waals surface area (Å²) in [5.74, 6) is -0.405. The monoisotopic (exact) mass is 452 g/mol. The van der Waals surface area contributed by atoms with Crippen LogP contribution in [0.1, 0.15) is 47.6 Å². The zero-order valence-electron chi connectivity index (χ0n) is 19.4. The Morgan fingerprint density at radius 3 is 2.70 bits per heavy atom. The van der Waals surface area contributed by atoms with Gasteiger partial charge < -0.3 is 10.5 Å². The summed E-state index contributed by atoms with van der Waals surface area (Å²) in [6.07, 6.45) is 2.40. The molecule has 0 fully saturated rings. The number of benzene rings is 2. The molecule has 0 radical (unpaired) electrons. The number of ketones is 1. The summed E-state index contributed by atoms with van der Waals surface area (Å²) in [5, 5.41) is 4.23. The first-order valence-corrected chi connectivity index (χ1v) is 10.8. The number of nitrogens with zero attached hydrogens (tertiary/aromatic N) is 3. The highest BCUT2D eigenvalue weighted by Crippen LogP contribution is 2.29. The van der Waals surface area contributed by atoms with Crippen molar-refractivity contribution >= 4 is 11.5 Å². The maximum atomic E-state index is 15.2. The van der Waals surface area contributed by atoms with E-state index >= 15 is 4.39 Å². The molecule has 3 aromatic rings. The summed E-state index contributed by atoms with van der Waals surface area (Å²) in [7, 11) is 1.58. The maximum absolute atomic E-state index is 15.2. The number of nitrogen functional groups attached to an aromatic ring is 1. The molecule has 0 saturated carbocycles. The van der Waals surface area contributed by atoms with Crippen LogP contribution in [0.5, 0.6) is 5.75 Å². The number of nitrogens with two attached hydrogens (primary N) is 1. The van der Waals surface area contributed by atoms with Crippen LogP contribution in [-0.2, 0) is 19.9 Å². The molecule has 0 bridgehead atoms. The normalized spacial score (nSPS) is 11.9. The van der Waals surface area contributed by atoms with Gasteiger partial charge in [-0.1, -0.05) is 25.1 Å². The Balaban J connectivity index is 2.11. The molecule has 174 valence electrons. The van der Waals surface area contributed by atoms with Crippen LogP contribution >= 0.6 is 0 Å². The minimum Gasteiger partial charge on any atom is -0.490 e. The summed E-state index contributed by atoms with van der Waals surface area (Å²) in [4.78, 5) is 25.9. The molecule has 1 atom stereocenters. The number of aryl methyl sites for hydroxylation is 2.